The van der Waals surface area contributed by atoms with Gasteiger partial charge in [0, 0.05) is 52.1 Å². The van der Waals surface area contributed by atoms with Crippen molar-refractivity contribution >= 4 is 82.9 Å². The molecule has 0 spiro atoms. The van der Waals surface area contributed by atoms with Gasteiger partial charge in [0.05, 0.1) is 19.8 Å². The fraction of sp³-hybridized carbons (Fsp3) is 0.754. The molecule has 0 aromatic carbocycles. The molecule has 29 N–H and O–H groups in total. The number of rotatable bonds is 46. The first kappa shape index (κ1) is 81.7. The third-order valence-corrected chi connectivity index (χ3v) is 14.4. The molecule has 7 atom stereocenters. The minimum atomic E-state index is -1.57. The van der Waals surface area contributed by atoms with Gasteiger partial charge in [-0.2, -0.15) is 0 Å². The highest BCUT2D eigenvalue weighted by Crippen LogP contribution is 2.13. The fourth-order valence-electron chi connectivity index (χ4n) is 9.42. The molecule has 35 nitrogen and oxygen atoms in total. The van der Waals surface area contributed by atoms with E-state index in [-0.39, 0.29) is 172 Å². The molecule has 1 heterocycles. The standard InChI is InChI=1S/C57H109N23O12/c1-2-3-4-5-6-7-8-23-44(81)68-27-12-10-18-38-48(85)76-39(19-13-28-70-54(60)61)49(86)77-40(20-14-29-71-55(62)63)50(87)78-41(21-15-30-72-56(64)65)51(88)79-42(22-16-31-73-57(66)67)52(89)80-43(53(90)75-38)24-25-45(82)69-32-33-91-34-35-92-36-46(83)74-37(47(59)84)17-9-11-26-58/h37-43H,2-36,58H2,1H3,(H2,59,84)(H,68,81)(H,69,82)(H,74,83)(H,75,90)(H,76,85)(H,77,86)(H,78,87)(H,79,88)(H,80,89)(H4,60,61,70)(H4,62,63,71)(H4,64,65,72)(H4,66,67,73)/t37?,38-,39-,40+,41-,42+,43-/m0/s1. The molecule has 10 amide bonds. The van der Waals surface area contributed by atoms with E-state index in [2.05, 4.69) is 76.0 Å². The largest absolute Gasteiger partial charge is 0.377 e. The molecule has 1 saturated heterocycles. The zero-order valence-corrected chi connectivity index (χ0v) is 53.7. The van der Waals surface area contributed by atoms with Crippen molar-refractivity contribution in [2.24, 2.45) is 34.4 Å². The minimum Gasteiger partial charge on any atom is -0.377 e. The Hall–Kier alpha value is -8.34. The minimum absolute atomic E-state index is 0.00737. The Kier molecular flexibility index (Phi) is 44.7. The van der Waals surface area contributed by atoms with Gasteiger partial charge in [0.1, 0.15) is 48.9 Å². The Bertz CT molecular complexity index is 2320. The molecule has 1 rings (SSSR count). The number of carbonyl (C=O) groups excluding carboxylic acids is 10. The lowest BCUT2D eigenvalue weighted by molar-refractivity contribution is -0.137. The second-order valence-corrected chi connectivity index (χ2v) is 22.4. The van der Waals surface area contributed by atoms with Crippen molar-refractivity contribution in [3.63, 3.8) is 0 Å². The van der Waals surface area contributed by atoms with Crippen LogP contribution in [-0.4, -0.2) is 197 Å². The smallest absolute Gasteiger partial charge is 0.246 e. The summed E-state index contributed by atoms with van der Waals surface area (Å²) in [6.07, 6.45) is 9.10. The van der Waals surface area contributed by atoms with Gasteiger partial charge >= 0.3 is 0 Å². The number of ether oxygens (including phenoxy) is 2. The molecule has 0 radical (unpaired) electrons. The Labute approximate surface area is 539 Å². The highest BCUT2D eigenvalue weighted by Gasteiger charge is 2.35. The van der Waals surface area contributed by atoms with Gasteiger partial charge in [0.15, 0.2) is 23.8 Å². The molecule has 0 aromatic heterocycles. The number of guanidine groups is 4. The fourth-order valence-corrected chi connectivity index (χ4v) is 9.42. The summed E-state index contributed by atoms with van der Waals surface area (Å²) in [6.45, 7) is 2.74. The molecule has 1 unspecified atom stereocenters. The van der Waals surface area contributed by atoms with Crippen molar-refractivity contribution in [1.29, 1.82) is 21.6 Å². The first-order chi connectivity index (χ1) is 44.0. The van der Waals surface area contributed by atoms with E-state index in [0.717, 1.165) is 38.5 Å². The Morgan fingerprint density at radius 3 is 1.16 bits per heavy atom. The van der Waals surface area contributed by atoms with Crippen molar-refractivity contribution in [1.82, 2.24) is 69.1 Å². The average Bonchev–Trinajstić information content (AvgIpc) is 1.000. The summed E-state index contributed by atoms with van der Waals surface area (Å²) in [5.74, 6) is -8.66. The summed E-state index contributed by atoms with van der Waals surface area (Å²) in [5.41, 5.74) is 33.0. The molecule has 524 valence electrons. The number of unbranched alkanes of at least 4 members (excludes halogenated alkanes) is 8. The van der Waals surface area contributed by atoms with Crippen LogP contribution in [0.3, 0.4) is 0 Å². The van der Waals surface area contributed by atoms with Crippen LogP contribution >= 0.6 is 0 Å². The van der Waals surface area contributed by atoms with Crippen LogP contribution in [0.5, 0.6) is 0 Å². The van der Waals surface area contributed by atoms with Crippen LogP contribution in [0.4, 0.5) is 0 Å². The predicted molar refractivity (Wildman–Crippen MR) is 346 cm³/mol. The molecule has 1 aliphatic rings. The molecule has 0 aromatic rings. The monoisotopic (exact) mass is 1310 g/mol. The quantitative estimate of drug-likeness (QED) is 0.0155. The molecule has 0 bridgehead atoms. The Balaban J connectivity index is 3.73. The van der Waals surface area contributed by atoms with Crippen molar-refractivity contribution in [2.75, 3.05) is 72.2 Å². The normalized spacial score (nSPS) is 18.5. The average molecular weight is 1310 g/mol. The third-order valence-electron chi connectivity index (χ3n) is 14.4. The van der Waals surface area contributed by atoms with E-state index >= 15 is 0 Å². The Morgan fingerprint density at radius 2 is 0.761 bits per heavy atom. The maximum Gasteiger partial charge on any atom is 0.246 e. The van der Waals surface area contributed by atoms with E-state index in [9.17, 15) is 47.9 Å². The molecule has 92 heavy (non-hydrogen) atoms. The van der Waals surface area contributed by atoms with Crippen molar-refractivity contribution in [3.8, 4) is 0 Å². The van der Waals surface area contributed by atoms with Gasteiger partial charge in [-0.15, -0.1) is 0 Å². The number of nitrogens with two attached hydrogens (primary N) is 6. The summed E-state index contributed by atoms with van der Waals surface area (Å²) in [6, 6.07) is -9.50. The molecule has 1 aliphatic heterocycles. The predicted octanol–water partition coefficient (Wildman–Crippen LogP) is -4.58. The van der Waals surface area contributed by atoms with Gasteiger partial charge in [-0.25, -0.2) is 0 Å². The highest BCUT2D eigenvalue weighted by molar-refractivity contribution is 5.98. The summed E-state index contributed by atoms with van der Waals surface area (Å²) in [4.78, 5) is 138. The van der Waals surface area contributed by atoms with Crippen LogP contribution in [0.1, 0.15) is 161 Å². The highest BCUT2D eigenvalue weighted by atomic mass is 16.5. The van der Waals surface area contributed by atoms with E-state index in [1.54, 1.807) is 0 Å². The lowest BCUT2D eigenvalue weighted by Crippen LogP contribution is -2.61. The van der Waals surface area contributed by atoms with Gasteiger partial charge in [-0.3, -0.25) is 69.6 Å². The zero-order valence-electron chi connectivity index (χ0n) is 53.7. The first-order valence-electron chi connectivity index (χ1n) is 32.1. The summed E-state index contributed by atoms with van der Waals surface area (Å²) < 4.78 is 10.9. The second-order valence-electron chi connectivity index (χ2n) is 22.4. The van der Waals surface area contributed by atoms with E-state index in [1.165, 1.54) is 6.42 Å². The van der Waals surface area contributed by atoms with E-state index < -0.39 is 95.5 Å². The van der Waals surface area contributed by atoms with Crippen molar-refractivity contribution < 1.29 is 57.4 Å². The van der Waals surface area contributed by atoms with Crippen LogP contribution in [0, 0.1) is 21.6 Å². The molecule has 35 heteroatoms. The molecular formula is C57H109N23O12. The maximum atomic E-state index is 14.7. The van der Waals surface area contributed by atoms with E-state index in [4.69, 9.17) is 65.5 Å². The molecule has 0 aliphatic carbocycles. The van der Waals surface area contributed by atoms with Crippen molar-refractivity contribution in [3.05, 3.63) is 0 Å². The van der Waals surface area contributed by atoms with Crippen LogP contribution in [-0.2, 0) is 57.4 Å². The Morgan fingerprint density at radius 1 is 0.402 bits per heavy atom. The lowest BCUT2D eigenvalue weighted by atomic mass is 10.0. The van der Waals surface area contributed by atoms with Gasteiger partial charge in [-0.1, -0.05) is 45.4 Å². The molecule has 1 fully saturated rings. The topological polar surface area (TPSA) is 597 Å². The number of amides is 10. The van der Waals surface area contributed by atoms with Crippen LogP contribution in [0.25, 0.3) is 0 Å². The first-order valence-corrected chi connectivity index (χ1v) is 32.1. The number of carbonyl (C=O) groups is 10. The van der Waals surface area contributed by atoms with Gasteiger partial charge < -0.3 is 113 Å². The van der Waals surface area contributed by atoms with Crippen LogP contribution in [0.2, 0.25) is 0 Å². The summed E-state index contributed by atoms with van der Waals surface area (Å²) >= 11 is 0. The number of hydrogen-bond acceptors (Lipinski definition) is 17. The van der Waals surface area contributed by atoms with Crippen LogP contribution < -0.4 is 104 Å². The molecular weight excluding hydrogens is 1200 g/mol. The molecule has 0 saturated carbocycles. The van der Waals surface area contributed by atoms with Gasteiger partial charge in [-0.05, 0) is 109 Å². The summed E-state index contributed by atoms with van der Waals surface area (Å²) in [7, 11) is 0. The maximum absolute atomic E-state index is 14.7. The van der Waals surface area contributed by atoms with Gasteiger partial charge in [0.2, 0.25) is 59.1 Å². The third kappa shape index (κ3) is 41.1. The van der Waals surface area contributed by atoms with E-state index in [1.807, 2.05) is 0 Å². The van der Waals surface area contributed by atoms with E-state index in [0.29, 0.717) is 38.6 Å². The number of nitrogens with one attached hydrogen (secondary N) is 17. The number of hydrogen-bond donors (Lipinski definition) is 23. The lowest BCUT2D eigenvalue weighted by Gasteiger charge is -2.29. The zero-order chi connectivity index (χ0) is 68.5. The second kappa shape index (κ2) is 50.3. The van der Waals surface area contributed by atoms with Crippen LogP contribution in [0.15, 0.2) is 0 Å². The van der Waals surface area contributed by atoms with Crippen molar-refractivity contribution in [2.45, 2.75) is 203 Å². The number of primary amides is 1. The summed E-state index contributed by atoms with van der Waals surface area (Å²) in [5, 5.41) is 65.3. The van der Waals surface area contributed by atoms with Gasteiger partial charge in [0.25, 0.3) is 0 Å². The SMILES string of the molecule is CCCCCCCCCC(=O)NCCCC[C@@H]1NC(=O)[C@H](CCC(=O)NCCOCCOCC(=O)NC(CCCCN)C(N)=O)NC(=O)[C@@H](CCCNC(=N)N)NC(=O)[C@H](CCCNC(=N)N)NC(=O)[C@@H](CCCNC(=N)N)NC(=O)[C@H](CCCNC(=N)N)NC1=O.